The molecule has 0 radical (unpaired) electrons. The van der Waals surface area contributed by atoms with Crippen molar-refractivity contribution in [3.05, 3.63) is 54.1 Å². The molecule has 0 fully saturated rings. The Morgan fingerprint density at radius 2 is 1.66 bits per heavy atom. The number of nitrogens with one attached hydrogen (secondary N) is 1. The van der Waals surface area contributed by atoms with Crippen molar-refractivity contribution in [2.45, 2.75) is 32.7 Å². The average Bonchev–Trinajstić information content (AvgIpc) is 2.61. The van der Waals surface area contributed by atoms with Gasteiger partial charge in [-0.15, -0.1) is 13.2 Å². The van der Waals surface area contributed by atoms with Crippen molar-refractivity contribution >= 4 is 27.3 Å². The van der Waals surface area contributed by atoms with Crippen molar-refractivity contribution in [3.8, 4) is 5.75 Å². The molecular formula is C19H21F3N2O4S. The fourth-order valence-electron chi connectivity index (χ4n) is 2.67. The van der Waals surface area contributed by atoms with Gasteiger partial charge in [-0.25, -0.2) is 8.42 Å². The van der Waals surface area contributed by atoms with Crippen LogP contribution in [-0.2, 0) is 21.2 Å². The fraction of sp³-hybridized carbons (Fsp3) is 0.316. The first-order chi connectivity index (χ1) is 13.4. The first-order valence-corrected chi connectivity index (χ1v) is 10.5. The molecule has 0 aliphatic heterocycles. The van der Waals surface area contributed by atoms with Gasteiger partial charge in [-0.2, -0.15) is 0 Å². The van der Waals surface area contributed by atoms with Crippen molar-refractivity contribution in [1.29, 1.82) is 0 Å². The molecule has 29 heavy (non-hydrogen) atoms. The Morgan fingerprint density at radius 1 is 1.10 bits per heavy atom. The lowest BCUT2D eigenvalue weighted by Gasteiger charge is -2.28. The third-order valence-electron chi connectivity index (χ3n) is 4.04. The summed E-state index contributed by atoms with van der Waals surface area (Å²) >= 11 is 0. The molecule has 158 valence electrons. The van der Waals surface area contributed by atoms with E-state index in [1.165, 1.54) is 19.1 Å². The summed E-state index contributed by atoms with van der Waals surface area (Å²) in [4.78, 5) is 12.6. The van der Waals surface area contributed by atoms with Crippen molar-refractivity contribution < 1.29 is 31.1 Å². The van der Waals surface area contributed by atoms with Crippen LogP contribution in [0.4, 0.5) is 24.5 Å². The standard InChI is InChI=1S/C19H21F3N2O4S/c1-4-14-5-9-16(10-6-14)24(29(3,26)27)13(2)18(25)23-15-7-11-17(12-8-15)28-19(20,21)22/h5-13H,4H2,1-3H3,(H,23,25)/t13-/m1/s1. The molecule has 0 saturated carbocycles. The maximum absolute atomic E-state index is 12.6. The lowest BCUT2D eigenvalue weighted by atomic mass is 10.1. The van der Waals surface area contributed by atoms with E-state index in [0.717, 1.165) is 34.7 Å². The van der Waals surface area contributed by atoms with E-state index in [1.54, 1.807) is 24.3 Å². The molecule has 1 N–H and O–H groups in total. The molecule has 10 heteroatoms. The third kappa shape index (κ3) is 6.38. The number of hydrogen-bond acceptors (Lipinski definition) is 4. The van der Waals surface area contributed by atoms with Crippen LogP contribution in [0, 0.1) is 0 Å². The molecule has 0 aliphatic rings. The molecule has 0 heterocycles. The van der Waals surface area contributed by atoms with E-state index < -0.39 is 34.1 Å². The molecule has 0 unspecified atom stereocenters. The molecule has 2 aromatic rings. The highest BCUT2D eigenvalue weighted by atomic mass is 32.2. The number of aryl methyl sites for hydroxylation is 1. The largest absolute Gasteiger partial charge is 0.573 e. The van der Waals surface area contributed by atoms with Crippen molar-refractivity contribution in [2.24, 2.45) is 0 Å². The number of alkyl halides is 3. The Hall–Kier alpha value is -2.75. The van der Waals surface area contributed by atoms with E-state index in [1.807, 2.05) is 6.92 Å². The second-order valence-corrected chi connectivity index (χ2v) is 8.18. The number of sulfonamides is 1. The van der Waals surface area contributed by atoms with Crippen molar-refractivity contribution in [2.75, 3.05) is 15.9 Å². The predicted octanol–water partition coefficient (Wildman–Crippen LogP) is 3.94. The van der Waals surface area contributed by atoms with Gasteiger partial charge in [-0.3, -0.25) is 9.10 Å². The van der Waals surface area contributed by atoms with Crippen molar-refractivity contribution in [3.63, 3.8) is 0 Å². The van der Waals surface area contributed by atoms with Gasteiger partial charge < -0.3 is 10.1 Å². The third-order valence-corrected chi connectivity index (χ3v) is 5.28. The van der Waals surface area contributed by atoms with Gasteiger partial charge in [0.1, 0.15) is 11.8 Å². The Morgan fingerprint density at radius 3 is 2.10 bits per heavy atom. The summed E-state index contributed by atoms with van der Waals surface area (Å²) in [6, 6.07) is 10.2. The maximum Gasteiger partial charge on any atom is 0.573 e. The monoisotopic (exact) mass is 430 g/mol. The normalized spacial score (nSPS) is 12.9. The Balaban J connectivity index is 2.18. The minimum absolute atomic E-state index is 0.200. The van der Waals surface area contributed by atoms with Gasteiger partial charge >= 0.3 is 6.36 Å². The zero-order chi connectivity index (χ0) is 21.8. The van der Waals surface area contributed by atoms with Crippen LogP contribution >= 0.6 is 0 Å². The Kier molecular flexibility index (Phi) is 6.78. The molecule has 0 bridgehead atoms. The van der Waals surface area contributed by atoms with Gasteiger partial charge in [0.25, 0.3) is 0 Å². The highest BCUT2D eigenvalue weighted by molar-refractivity contribution is 7.92. The highest BCUT2D eigenvalue weighted by Gasteiger charge is 2.31. The highest BCUT2D eigenvalue weighted by Crippen LogP contribution is 2.25. The number of nitrogens with zero attached hydrogens (tertiary/aromatic N) is 1. The molecule has 0 aromatic heterocycles. The summed E-state index contributed by atoms with van der Waals surface area (Å²) in [6.07, 6.45) is -3.04. The van der Waals surface area contributed by atoms with E-state index in [4.69, 9.17) is 0 Å². The van der Waals surface area contributed by atoms with Crippen LogP contribution < -0.4 is 14.4 Å². The number of hydrogen-bond donors (Lipinski definition) is 1. The summed E-state index contributed by atoms with van der Waals surface area (Å²) < 4.78 is 66.0. The first kappa shape index (κ1) is 22.5. The molecule has 1 atom stereocenters. The lowest BCUT2D eigenvalue weighted by Crippen LogP contribution is -2.45. The van der Waals surface area contributed by atoms with Crippen LogP contribution in [0.3, 0.4) is 0 Å². The smallest absolute Gasteiger partial charge is 0.406 e. The summed E-state index contributed by atoms with van der Waals surface area (Å²) in [7, 11) is -3.77. The first-order valence-electron chi connectivity index (χ1n) is 8.65. The van der Waals surface area contributed by atoms with Crippen molar-refractivity contribution in [1.82, 2.24) is 0 Å². The topological polar surface area (TPSA) is 75.7 Å². The number of halogens is 3. The molecule has 0 saturated heterocycles. The zero-order valence-corrected chi connectivity index (χ0v) is 16.8. The number of carbonyl (C=O) groups is 1. The molecule has 0 aliphatic carbocycles. The van der Waals surface area contributed by atoms with Crippen LogP contribution in [0.15, 0.2) is 48.5 Å². The van der Waals surface area contributed by atoms with E-state index in [-0.39, 0.29) is 5.69 Å². The number of benzene rings is 2. The summed E-state index contributed by atoms with van der Waals surface area (Å²) in [5.74, 6) is -1.07. The average molecular weight is 430 g/mol. The maximum atomic E-state index is 12.6. The summed E-state index contributed by atoms with van der Waals surface area (Å²) in [6.45, 7) is 3.38. The van der Waals surface area contributed by atoms with Crippen LogP contribution in [0.1, 0.15) is 19.4 Å². The van der Waals surface area contributed by atoms with Gasteiger partial charge in [-0.1, -0.05) is 19.1 Å². The van der Waals surface area contributed by atoms with E-state index >= 15 is 0 Å². The van der Waals surface area contributed by atoms with Gasteiger partial charge in [0.15, 0.2) is 0 Å². The number of rotatable bonds is 7. The molecular weight excluding hydrogens is 409 g/mol. The predicted molar refractivity (Wildman–Crippen MR) is 104 cm³/mol. The second kappa shape index (κ2) is 8.73. The Labute approximate surface area is 167 Å². The summed E-state index contributed by atoms with van der Waals surface area (Å²) in [5, 5.41) is 2.49. The van der Waals surface area contributed by atoms with Gasteiger partial charge in [0.2, 0.25) is 15.9 Å². The van der Waals surface area contributed by atoms with Crippen LogP contribution in [0.25, 0.3) is 0 Å². The van der Waals surface area contributed by atoms with Gasteiger partial charge in [0, 0.05) is 5.69 Å². The van der Waals surface area contributed by atoms with Crippen LogP contribution in [-0.4, -0.2) is 33.0 Å². The quantitative estimate of drug-likeness (QED) is 0.722. The van der Waals surface area contributed by atoms with E-state index in [0.29, 0.717) is 5.69 Å². The lowest BCUT2D eigenvalue weighted by molar-refractivity contribution is -0.274. The van der Waals surface area contributed by atoms with E-state index in [2.05, 4.69) is 10.1 Å². The van der Waals surface area contributed by atoms with Crippen LogP contribution in [0.5, 0.6) is 5.75 Å². The molecule has 6 nitrogen and oxygen atoms in total. The number of ether oxygens (including phenoxy) is 1. The summed E-state index contributed by atoms with van der Waals surface area (Å²) in [5.41, 5.74) is 1.55. The van der Waals surface area contributed by atoms with Crippen LogP contribution in [0.2, 0.25) is 0 Å². The molecule has 1 amide bonds. The number of amides is 1. The fourth-order valence-corrected chi connectivity index (χ4v) is 3.85. The minimum atomic E-state index is -4.82. The second-order valence-electron chi connectivity index (χ2n) is 6.32. The molecule has 0 spiro atoms. The number of carbonyl (C=O) groups excluding carboxylic acids is 1. The Bertz CT molecular complexity index is 943. The minimum Gasteiger partial charge on any atom is -0.406 e. The zero-order valence-electron chi connectivity index (χ0n) is 16.0. The van der Waals surface area contributed by atoms with Gasteiger partial charge in [0.05, 0.1) is 11.9 Å². The van der Waals surface area contributed by atoms with E-state index in [9.17, 15) is 26.4 Å². The molecule has 2 rings (SSSR count). The number of anilines is 2. The van der Waals surface area contributed by atoms with Gasteiger partial charge in [-0.05, 0) is 55.3 Å². The SMILES string of the molecule is CCc1ccc(N([C@H](C)C(=O)Nc2ccc(OC(F)(F)F)cc2)S(C)(=O)=O)cc1. The molecule has 2 aromatic carbocycles.